The monoisotopic (exact) mass is 415 g/mol. The molecule has 2 aromatic carbocycles. The lowest BCUT2D eigenvalue weighted by Crippen LogP contribution is -2.38. The van der Waals surface area contributed by atoms with Crippen molar-refractivity contribution in [2.45, 2.75) is 31.7 Å². The molecule has 0 spiro atoms. The van der Waals surface area contributed by atoms with Gasteiger partial charge < -0.3 is 19.0 Å². The molecule has 0 unspecified atom stereocenters. The number of methoxy groups -OCH3 is 1. The topological polar surface area (TPSA) is 71.4 Å². The zero-order valence-electron chi connectivity index (χ0n) is 17.5. The van der Waals surface area contributed by atoms with Gasteiger partial charge in [0.15, 0.2) is 0 Å². The Hall–Kier alpha value is -3.54. The van der Waals surface area contributed by atoms with E-state index in [2.05, 4.69) is 22.1 Å². The number of hydrogen-bond acceptors (Lipinski definition) is 4. The van der Waals surface area contributed by atoms with Crippen LogP contribution in [0.15, 0.2) is 65.2 Å². The van der Waals surface area contributed by atoms with Crippen LogP contribution in [0.4, 0.5) is 0 Å². The molecular formula is C25H25N3O3. The standard InChI is InChI=1S/C25H25N3O3/c1-30-23-12-7-10-20-19(23)15-21(27-20)25(29)28-13-6-5-11-22(28)24-26-16-18(31-24)14-17-8-3-2-4-9-17/h2-4,7-10,12,15-16,22,27H,5-6,11,13-14H2,1H3/t22-/m0/s1. The predicted molar refractivity (Wildman–Crippen MR) is 118 cm³/mol. The highest BCUT2D eigenvalue weighted by atomic mass is 16.5. The molecule has 1 fully saturated rings. The van der Waals surface area contributed by atoms with Gasteiger partial charge in [0.2, 0.25) is 5.89 Å². The van der Waals surface area contributed by atoms with Crippen LogP contribution in [0, 0.1) is 0 Å². The third-order valence-electron chi connectivity index (χ3n) is 5.92. The van der Waals surface area contributed by atoms with E-state index < -0.39 is 0 Å². The Bertz CT molecular complexity index is 1200. The van der Waals surface area contributed by atoms with E-state index in [1.807, 2.05) is 47.4 Å². The average molecular weight is 415 g/mol. The Morgan fingerprint density at radius 1 is 1.19 bits per heavy atom. The van der Waals surface area contributed by atoms with Crippen LogP contribution in [0.5, 0.6) is 5.75 Å². The van der Waals surface area contributed by atoms with E-state index in [1.165, 1.54) is 5.56 Å². The summed E-state index contributed by atoms with van der Waals surface area (Å²) in [6.07, 6.45) is 5.35. The second-order valence-corrected chi connectivity index (χ2v) is 7.94. The summed E-state index contributed by atoms with van der Waals surface area (Å²) in [5.41, 5.74) is 2.62. The van der Waals surface area contributed by atoms with Crippen LogP contribution < -0.4 is 4.74 Å². The highest BCUT2D eigenvalue weighted by molar-refractivity contribution is 5.99. The predicted octanol–water partition coefficient (Wildman–Crippen LogP) is 5.12. The summed E-state index contributed by atoms with van der Waals surface area (Å²) in [6, 6.07) is 17.7. The van der Waals surface area contributed by atoms with Gasteiger partial charge in [-0.25, -0.2) is 4.98 Å². The molecule has 0 saturated carbocycles. The third-order valence-corrected chi connectivity index (χ3v) is 5.92. The smallest absolute Gasteiger partial charge is 0.270 e. The zero-order chi connectivity index (χ0) is 21.2. The van der Waals surface area contributed by atoms with Gasteiger partial charge in [-0.2, -0.15) is 0 Å². The molecule has 0 aliphatic carbocycles. The van der Waals surface area contributed by atoms with Crippen LogP contribution in [0.2, 0.25) is 0 Å². The summed E-state index contributed by atoms with van der Waals surface area (Å²) >= 11 is 0. The number of carbonyl (C=O) groups is 1. The first-order valence-corrected chi connectivity index (χ1v) is 10.7. The number of oxazole rings is 1. The first-order chi connectivity index (χ1) is 15.2. The lowest BCUT2D eigenvalue weighted by atomic mass is 10.0. The molecular weight excluding hydrogens is 390 g/mol. The Morgan fingerprint density at radius 3 is 2.90 bits per heavy atom. The number of aromatic amines is 1. The normalized spacial score (nSPS) is 16.5. The number of piperidine rings is 1. The zero-order valence-corrected chi connectivity index (χ0v) is 17.5. The molecule has 31 heavy (non-hydrogen) atoms. The van der Waals surface area contributed by atoms with Crippen molar-refractivity contribution in [3.05, 3.63) is 83.7 Å². The molecule has 158 valence electrons. The number of nitrogens with one attached hydrogen (secondary N) is 1. The molecule has 1 aliphatic heterocycles. The number of rotatable bonds is 5. The molecule has 1 aliphatic rings. The number of ether oxygens (including phenoxy) is 1. The number of amides is 1. The van der Waals surface area contributed by atoms with Gasteiger partial charge in [-0.3, -0.25) is 4.79 Å². The van der Waals surface area contributed by atoms with Gasteiger partial charge >= 0.3 is 0 Å². The van der Waals surface area contributed by atoms with Gasteiger partial charge in [-0.15, -0.1) is 0 Å². The fourth-order valence-corrected chi connectivity index (χ4v) is 4.36. The maximum absolute atomic E-state index is 13.4. The minimum Gasteiger partial charge on any atom is -0.496 e. The number of H-pyrrole nitrogens is 1. The van der Waals surface area contributed by atoms with Gasteiger partial charge in [0.05, 0.1) is 13.3 Å². The average Bonchev–Trinajstić information content (AvgIpc) is 3.46. The maximum Gasteiger partial charge on any atom is 0.270 e. The Labute approximate surface area is 180 Å². The summed E-state index contributed by atoms with van der Waals surface area (Å²) in [5.74, 6) is 2.15. The van der Waals surface area contributed by atoms with E-state index in [0.717, 1.165) is 41.7 Å². The molecule has 3 heterocycles. The number of benzene rings is 2. The molecule has 6 nitrogen and oxygen atoms in total. The second-order valence-electron chi connectivity index (χ2n) is 7.94. The van der Waals surface area contributed by atoms with Crippen molar-refractivity contribution in [2.24, 2.45) is 0 Å². The molecule has 1 atom stereocenters. The maximum atomic E-state index is 13.4. The molecule has 0 radical (unpaired) electrons. The third kappa shape index (κ3) is 3.81. The summed E-state index contributed by atoms with van der Waals surface area (Å²) in [6.45, 7) is 0.687. The van der Waals surface area contributed by atoms with Crippen molar-refractivity contribution in [3.8, 4) is 5.75 Å². The highest BCUT2D eigenvalue weighted by Crippen LogP contribution is 2.33. The fraction of sp³-hybridized carbons (Fsp3) is 0.280. The number of nitrogens with zero attached hydrogens (tertiary/aromatic N) is 2. The van der Waals surface area contributed by atoms with Crippen LogP contribution in [0.25, 0.3) is 10.9 Å². The van der Waals surface area contributed by atoms with E-state index in [9.17, 15) is 4.79 Å². The second kappa shape index (κ2) is 8.30. The summed E-state index contributed by atoms with van der Waals surface area (Å²) in [5, 5.41) is 0.906. The minimum atomic E-state index is -0.154. The SMILES string of the molecule is COc1cccc2[nH]c(C(=O)N3CCCC[C@H]3c3ncc(Cc4ccccc4)o3)cc12. The van der Waals surface area contributed by atoms with Gasteiger partial charge in [0.25, 0.3) is 5.91 Å². The molecule has 6 heteroatoms. The van der Waals surface area contributed by atoms with E-state index in [4.69, 9.17) is 9.15 Å². The van der Waals surface area contributed by atoms with Crippen molar-refractivity contribution in [1.29, 1.82) is 0 Å². The number of likely N-dealkylation sites (tertiary alicyclic amines) is 1. The lowest BCUT2D eigenvalue weighted by Gasteiger charge is -2.33. The van der Waals surface area contributed by atoms with E-state index >= 15 is 0 Å². The van der Waals surface area contributed by atoms with Crippen LogP contribution in [0.3, 0.4) is 0 Å². The number of fused-ring (bicyclic) bond motifs is 1. The highest BCUT2D eigenvalue weighted by Gasteiger charge is 2.32. The van der Waals surface area contributed by atoms with Gasteiger partial charge in [0.1, 0.15) is 23.2 Å². The van der Waals surface area contributed by atoms with Crippen molar-refractivity contribution in [3.63, 3.8) is 0 Å². The van der Waals surface area contributed by atoms with Crippen molar-refractivity contribution >= 4 is 16.8 Å². The summed E-state index contributed by atoms with van der Waals surface area (Å²) in [4.78, 5) is 23.1. The Balaban J connectivity index is 1.40. The van der Waals surface area contributed by atoms with Crippen molar-refractivity contribution < 1.29 is 13.9 Å². The van der Waals surface area contributed by atoms with Crippen LogP contribution in [0.1, 0.15) is 53.0 Å². The van der Waals surface area contributed by atoms with E-state index in [-0.39, 0.29) is 11.9 Å². The number of aromatic nitrogens is 2. The molecule has 0 bridgehead atoms. The van der Waals surface area contributed by atoms with Crippen molar-refractivity contribution in [1.82, 2.24) is 14.9 Å². The first kappa shape index (κ1) is 19.4. The first-order valence-electron chi connectivity index (χ1n) is 10.7. The number of hydrogen-bond donors (Lipinski definition) is 1. The molecule has 2 aromatic heterocycles. The summed E-state index contributed by atoms with van der Waals surface area (Å²) < 4.78 is 11.5. The lowest BCUT2D eigenvalue weighted by molar-refractivity contribution is 0.0565. The van der Waals surface area contributed by atoms with Gasteiger partial charge in [-0.05, 0) is 43.0 Å². The number of carbonyl (C=O) groups excluding carboxylic acids is 1. The molecule has 5 rings (SSSR count). The largest absolute Gasteiger partial charge is 0.496 e. The van der Waals surface area contributed by atoms with Crippen molar-refractivity contribution in [2.75, 3.05) is 13.7 Å². The molecule has 1 saturated heterocycles. The molecule has 1 amide bonds. The van der Waals surface area contributed by atoms with Gasteiger partial charge in [-0.1, -0.05) is 36.4 Å². The Morgan fingerprint density at radius 2 is 2.06 bits per heavy atom. The Kier molecular flexibility index (Phi) is 5.20. The molecule has 4 aromatic rings. The van der Waals surface area contributed by atoms with E-state index in [0.29, 0.717) is 24.6 Å². The van der Waals surface area contributed by atoms with Crippen LogP contribution >= 0.6 is 0 Å². The summed E-state index contributed by atoms with van der Waals surface area (Å²) in [7, 11) is 1.64. The fourth-order valence-electron chi connectivity index (χ4n) is 4.36. The van der Waals surface area contributed by atoms with Gasteiger partial charge in [0, 0.05) is 23.9 Å². The molecule has 1 N–H and O–H groups in total. The van der Waals surface area contributed by atoms with E-state index in [1.54, 1.807) is 13.3 Å². The quantitative estimate of drug-likeness (QED) is 0.491. The van der Waals surface area contributed by atoms with Crippen LogP contribution in [-0.2, 0) is 6.42 Å². The van der Waals surface area contributed by atoms with Crippen LogP contribution in [-0.4, -0.2) is 34.4 Å². The minimum absolute atomic E-state index is 0.0363.